The molecular formula is C21H24O2. The predicted molar refractivity (Wildman–Crippen MR) is 97.8 cm³/mol. The molecule has 3 aromatic carbocycles. The summed E-state index contributed by atoms with van der Waals surface area (Å²) in [7, 11) is 0. The summed E-state index contributed by atoms with van der Waals surface area (Å²) in [5.41, 5.74) is 1.23. The molecule has 120 valence electrons. The molecular weight excluding hydrogens is 284 g/mol. The molecule has 0 aliphatic carbocycles. The molecule has 0 aliphatic rings. The second kappa shape index (κ2) is 6.91. The lowest BCUT2D eigenvalue weighted by molar-refractivity contribution is 0.319. The Morgan fingerprint density at radius 1 is 0.696 bits per heavy atom. The molecule has 0 spiro atoms. The van der Waals surface area contributed by atoms with E-state index in [1.165, 1.54) is 5.56 Å². The Morgan fingerprint density at radius 3 is 1.78 bits per heavy atom. The van der Waals surface area contributed by atoms with Crippen LogP contribution in [0.15, 0.2) is 42.5 Å². The number of rotatable bonds is 6. The average Bonchev–Trinajstić information content (AvgIpc) is 2.58. The van der Waals surface area contributed by atoms with Gasteiger partial charge in [-0.25, -0.2) is 0 Å². The Labute approximate surface area is 138 Å². The van der Waals surface area contributed by atoms with Crippen LogP contribution in [0.25, 0.3) is 21.5 Å². The summed E-state index contributed by atoms with van der Waals surface area (Å²) in [6.07, 6.45) is 1.99. The van der Waals surface area contributed by atoms with Crippen molar-refractivity contribution in [1.82, 2.24) is 0 Å². The molecule has 0 unspecified atom stereocenters. The number of benzene rings is 3. The summed E-state index contributed by atoms with van der Waals surface area (Å²) < 4.78 is 12.3. The van der Waals surface area contributed by atoms with Gasteiger partial charge in [0.2, 0.25) is 0 Å². The van der Waals surface area contributed by atoms with E-state index in [0.29, 0.717) is 0 Å². The number of hydrogen-bond donors (Lipinski definition) is 0. The minimum atomic E-state index is 0.724. The van der Waals surface area contributed by atoms with Crippen LogP contribution in [-0.4, -0.2) is 13.2 Å². The Balaban J connectivity index is 2.35. The van der Waals surface area contributed by atoms with E-state index in [1.807, 2.05) is 0 Å². The SMILES string of the molecule is CCCOc1c2ccccc2c(OCCC)c2cc(C)ccc12. The minimum absolute atomic E-state index is 0.724. The summed E-state index contributed by atoms with van der Waals surface area (Å²) in [5.74, 6) is 1.95. The van der Waals surface area contributed by atoms with E-state index in [4.69, 9.17) is 9.47 Å². The average molecular weight is 308 g/mol. The monoisotopic (exact) mass is 308 g/mol. The highest BCUT2D eigenvalue weighted by Gasteiger charge is 2.15. The van der Waals surface area contributed by atoms with Gasteiger partial charge in [0.15, 0.2) is 0 Å². The number of aryl methyl sites for hydroxylation is 1. The van der Waals surface area contributed by atoms with E-state index < -0.39 is 0 Å². The van der Waals surface area contributed by atoms with Crippen molar-refractivity contribution in [1.29, 1.82) is 0 Å². The van der Waals surface area contributed by atoms with Gasteiger partial charge in [-0.05, 0) is 25.8 Å². The maximum Gasteiger partial charge on any atom is 0.135 e. The largest absolute Gasteiger partial charge is 0.492 e. The van der Waals surface area contributed by atoms with Gasteiger partial charge in [-0.1, -0.05) is 55.8 Å². The number of ether oxygens (including phenoxy) is 2. The van der Waals surface area contributed by atoms with Crippen LogP contribution in [0.3, 0.4) is 0 Å². The van der Waals surface area contributed by atoms with Crippen LogP contribution < -0.4 is 9.47 Å². The van der Waals surface area contributed by atoms with Gasteiger partial charge in [0, 0.05) is 21.5 Å². The molecule has 0 aliphatic heterocycles. The molecule has 0 atom stereocenters. The van der Waals surface area contributed by atoms with Gasteiger partial charge in [0.1, 0.15) is 11.5 Å². The second-order valence-electron chi connectivity index (χ2n) is 5.95. The van der Waals surface area contributed by atoms with Gasteiger partial charge < -0.3 is 9.47 Å². The molecule has 0 radical (unpaired) electrons. The van der Waals surface area contributed by atoms with Gasteiger partial charge in [-0.15, -0.1) is 0 Å². The molecule has 0 fully saturated rings. The third-order valence-electron chi connectivity index (χ3n) is 3.98. The predicted octanol–water partition coefficient (Wildman–Crippen LogP) is 5.88. The zero-order valence-corrected chi connectivity index (χ0v) is 14.2. The quantitative estimate of drug-likeness (QED) is 0.529. The van der Waals surface area contributed by atoms with Crippen LogP contribution in [-0.2, 0) is 0 Å². The fraction of sp³-hybridized carbons (Fsp3) is 0.333. The van der Waals surface area contributed by atoms with Crippen LogP contribution in [0.5, 0.6) is 11.5 Å². The first-order chi connectivity index (χ1) is 11.3. The van der Waals surface area contributed by atoms with Crippen LogP contribution in [0.2, 0.25) is 0 Å². The van der Waals surface area contributed by atoms with E-state index in [2.05, 4.69) is 63.2 Å². The van der Waals surface area contributed by atoms with Crippen LogP contribution >= 0.6 is 0 Å². The van der Waals surface area contributed by atoms with Gasteiger partial charge in [-0.2, -0.15) is 0 Å². The molecule has 0 N–H and O–H groups in total. The molecule has 23 heavy (non-hydrogen) atoms. The van der Waals surface area contributed by atoms with Crippen molar-refractivity contribution in [2.75, 3.05) is 13.2 Å². The smallest absolute Gasteiger partial charge is 0.135 e. The first kappa shape index (κ1) is 15.7. The van der Waals surface area contributed by atoms with Crippen LogP contribution in [0, 0.1) is 6.92 Å². The lowest BCUT2D eigenvalue weighted by Gasteiger charge is -2.18. The van der Waals surface area contributed by atoms with Crippen molar-refractivity contribution < 1.29 is 9.47 Å². The summed E-state index contributed by atoms with van der Waals surface area (Å²) in [6.45, 7) is 7.83. The lowest BCUT2D eigenvalue weighted by Crippen LogP contribution is -2.01. The van der Waals surface area contributed by atoms with Crippen molar-refractivity contribution in [3.63, 3.8) is 0 Å². The van der Waals surface area contributed by atoms with E-state index in [-0.39, 0.29) is 0 Å². The third kappa shape index (κ3) is 2.98. The van der Waals surface area contributed by atoms with Crippen molar-refractivity contribution in [2.24, 2.45) is 0 Å². The standard InChI is InChI=1S/C21H24O2/c1-4-12-22-20-16-8-6-7-9-17(16)21(23-13-5-2)19-14-15(3)10-11-18(19)20/h6-11,14H,4-5,12-13H2,1-3H3. The van der Waals surface area contributed by atoms with Crippen LogP contribution in [0.1, 0.15) is 32.3 Å². The van der Waals surface area contributed by atoms with E-state index in [0.717, 1.165) is 59.1 Å². The van der Waals surface area contributed by atoms with E-state index >= 15 is 0 Å². The number of hydrogen-bond acceptors (Lipinski definition) is 2. The van der Waals surface area contributed by atoms with Gasteiger partial charge in [-0.3, -0.25) is 0 Å². The van der Waals surface area contributed by atoms with E-state index in [1.54, 1.807) is 0 Å². The van der Waals surface area contributed by atoms with E-state index in [9.17, 15) is 0 Å². The first-order valence-electron chi connectivity index (χ1n) is 8.47. The molecule has 0 aromatic heterocycles. The lowest BCUT2D eigenvalue weighted by atomic mass is 9.99. The molecule has 0 bridgehead atoms. The Morgan fingerprint density at radius 2 is 1.22 bits per heavy atom. The van der Waals surface area contributed by atoms with Crippen LogP contribution in [0.4, 0.5) is 0 Å². The fourth-order valence-electron chi connectivity index (χ4n) is 2.93. The van der Waals surface area contributed by atoms with Gasteiger partial charge in [0.05, 0.1) is 13.2 Å². The molecule has 0 heterocycles. The Hall–Kier alpha value is -2.22. The highest BCUT2D eigenvalue weighted by Crippen LogP contribution is 2.43. The molecule has 2 heteroatoms. The highest BCUT2D eigenvalue weighted by atomic mass is 16.5. The fourth-order valence-corrected chi connectivity index (χ4v) is 2.93. The maximum atomic E-state index is 6.14. The molecule has 0 saturated heterocycles. The minimum Gasteiger partial charge on any atom is -0.492 e. The summed E-state index contributed by atoms with van der Waals surface area (Å²) in [5, 5.41) is 4.53. The van der Waals surface area contributed by atoms with Gasteiger partial charge in [0.25, 0.3) is 0 Å². The van der Waals surface area contributed by atoms with Crippen molar-refractivity contribution >= 4 is 21.5 Å². The summed E-state index contributed by atoms with van der Waals surface area (Å²) >= 11 is 0. The number of fused-ring (bicyclic) bond motifs is 2. The normalized spacial score (nSPS) is 11.1. The third-order valence-corrected chi connectivity index (χ3v) is 3.98. The zero-order valence-electron chi connectivity index (χ0n) is 14.2. The van der Waals surface area contributed by atoms with Crippen molar-refractivity contribution in [3.05, 3.63) is 48.0 Å². The Kier molecular flexibility index (Phi) is 4.71. The summed E-state index contributed by atoms with van der Waals surface area (Å²) in [6, 6.07) is 14.9. The molecule has 2 nitrogen and oxygen atoms in total. The van der Waals surface area contributed by atoms with Crippen molar-refractivity contribution in [3.8, 4) is 11.5 Å². The topological polar surface area (TPSA) is 18.5 Å². The highest BCUT2D eigenvalue weighted by molar-refractivity contribution is 6.11. The zero-order chi connectivity index (χ0) is 16.2. The molecule has 3 aromatic rings. The Bertz CT molecular complexity index is 821. The molecule has 3 rings (SSSR count). The second-order valence-corrected chi connectivity index (χ2v) is 5.95. The first-order valence-corrected chi connectivity index (χ1v) is 8.47. The maximum absolute atomic E-state index is 6.14. The van der Waals surface area contributed by atoms with Crippen molar-refractivity contribution in [2.45, 2.75) is 33.6 Å². The summed E-state index contributed by atoms with van der Waals surface area (Å²) in [4.78, 5) is 0. The molecule has 0 amide bonds. The van der Waals surface area contributed by atoms with Gasteiger partial charge >= 0.3 is 0 Å². The molecule has 0 saturated carbocycles.